The third kappa shape index (κ3) is 5.49. The van der Waals surface area contributed by atoms with Crippen LogP contribution < -0.4 is 14.8 Å². The van der Waals surface area contributed by atoms with Crippen molar-refractivity contribution >= 4 is 27.3 Å². The third-order valence-corrected chi connectivity index (χ3v) is 5.15. The summed E-state index contributed by atoms with van der Waals surface area (Å²) >= 11 is 0. The Kier molecular flexibility index (Phi) is 6.03. The predicted molar refractivity (Wildman–Crippen MR) is 99.4 cm³/mol. The van der Waals surface area contributed by atoms with E-state index in [2.05, 4.69) is 10.0 Å². The molecule has 6 nitrogen and oxygen atoms in total. The number of nitrogens with one attached hydrogen (secondary N) is 2. The molecule has 7 heteroatoms. The lowest BCUT2D eigenvalue weighted by Gasteiger charge is -2.15. The maximum absolute atomic E-state index is 12.3. The summed E-state index contributed by atoms with van der Waals surface area (Å²) in [5.41, 5.74) is 1.99. The van der Waals surface area contributed by atoms with Gasteiger partial charge in [-0.3, -0.25) is 9.52 Å². The first-order valence-corrected chi connectivity index (χ1v) is 9.47. The van der Waals surface area contributed by atoms with E-state index in [1.54, 1.807) is 37.3 Å². The summed E-state index contributed by atoms with van der Waals surface area (Å²) in [7, 11) is -2.17. The Morgan fingerprint density at radius 1 is 1.16 bits per heavy atom. The minimum absolute atomic E-state index is 0.318. The number of carbonyl (C=O) groups is 1. The number of carbonyl (C=O) groups excluding carboxylic acids is 1. The molecular weight excluding hydrogens is 340 g/mol. The second kappa shape index (κ2) is 8.02. The van der Waals surface area contributed by atoms with Crippen LogP contribution in [-0.2, 0) is 14.8 Å². The van der Waals surface area contributed by atoms with E-state index in [4.69, 9.17) is 4.74 Å². The lowest BCUT2D eigenvalue weighted by Crippen LogP contribution is -2.30. The molecule has 0 radical (unpaired) electrons. The highest BCUT2D eigenvalue weighted by Gasteiger charge is 2.22. The molecule has 0 aliphatic carbocycles. The highest BCUT2D eigenvalue weighted by atomic mass is 32.2. The molecule has 0 saturated heterocycles. The van der Waals surface area contributed by atoms with Crippen molar-refractivity contribution in [1.29, 1.82) is 0 Å². The number of sulfonamides is 1. The van der Waals surface area contributed by atoms with Gasteiger partial charge in [0.1, 0.15) is 5.75 Å². The van der Waals surface area contributed by atoms with Crippen LogP contribution in [0.5, 0.6) is 5.75 Å². The topological polar surface area (TPSA) is 84.5 Å². The average Bonchev–Trinajstić information content (AvgIpc) is 2.56. The van der Waals surface area contributed by atoms with Gasteiger partial charge in [-0.05, 0) is 30.7 Å². The van der Waals surface area contributed by atoms with E-state index in [0.717, 1.165) is 5.56 Å². The van der Waals surface area contributed by atoms with E-state index in [0.29, 0.717) is 17.1 Å². The summed E-state index contributed by atoms with van der Waals surface area (Å²) in [6.45, 7) is 3.46. The quantitative estimate of drug-likeness (QED) is 0.793. The Hall–Kier alpha value is -2.54. The van der Waals surface area contributed by atoms with Gasteiger partial charge < -0.3 is 10.1 Å². The molecule has 0 heterocycles. The van der Waals surface area contributed by atoms with Gasteiger partial charge >= 0.3 is 0 Å². The monoisotopic (exact) mass is 362 g/mol. The van der Waals surface area contributed by atoms with Crippen LogP contribution in [0.25, 0.3) is 0 Å². The molecule has 25 heavy (non-hydrogen) atoms. The highest BCUT2D eigenvalue weighted by Crippen LogP contribution is 2.19. The summed E-state index contributed by atoms with van der Waals surface area (Å²) in [4.78, 5) is 12.3. The zero-order valence-electron chi connectivity index (χ0n) is 14.4. The van der Waals surface area contributed by atoms with Gasteiger partial charge in [0.2, 0.25) is 15.9 Å². The van der Waals surface area contributed by atoms with E-state index >= 15 is 0 Å². The fourth-order valence-corrected chi connectivity index (χ4v) is 3.66. The largest absolute Gasteiger partial charge is 0.497 e. The molecule has 1 amide bonds. The maximum Gasteiger partial charge on any atom is 0.233 e. The first kappa shape index (κ1) is 18.8. The number of ether oxygens (including phenoxy) is 1. The standard InChI is InChI=1S/C18H22N2O4S/c1-13-7-4-5-10-17(13)19-18(21)14(2)12-25(22,23)20-15-8-6-9-16(11-15)24-3/h4-11,14,20H,12H2,1-3H3,(H,19,21). The van der Waals surface area contributed by atoms with Gasteiger partial charge in [-0.15, -0.1) is 0 Å². The van der Waals surface area contributed by atoms with Crippen LogP contribution in [0, 0.1) is 12.8 Å². The average molecular weight is 362 g/mol. The van der Waals surface area contributed by atoms with Gasteiger partial charge in [0.05, 0.1) is 24.5 Å². The molecule has 0 bridgehead atoms. The van der Waals surface area contributed by atoms with Crippen molar-refractivity contribution in [3.8, 4) is 5.75 Å². The molecule has 0 aromatic heterocycles. The van der Waals surface area contributed by atoms with Crippen LogP contribution >= 0.6 is 0 Å². The van der Waals surface area contributed by atoms with E-state index in [9.17, 15) is 13.2 Å². The SMILES string of the molecule is COc1cccc(NS(=O)(=O)CC(C)C(=O)Nc2ccccc2C)c1. The van der Waals surface area contributed by atoms with Gasteiger partial charge in [0.25, 0.3) is 0 Å². The fourth-order valence-electron chi connectivity index (χ4n) is 2.28. The van der Waals surface area contributed by atoms with Crippen molar-refractivity contribution in [2.75, 3.05) is 22.9 Å². The number of hydrogen-bond donors (Lipinski definition) is 2. The van der Waals surface area contributed by atoms with Crippen LogP contribution in [0.15, 0.2) is 48.5 Å². The van der Waals surface area contributed by atoms with E-state index < -0.39 is 15.9 Å². The second-order valence-corrected chi connectivity index (χ2v) is 7.59. The van der Waals surface area contributed by atoms with Crippen molar-refractivity contribution in [2.24, 2.45) is 5.92 Å². The Morgan fingerprint density at radius 2 is 1.88 bits per heavy atom. The first-order valence-electron chi connectivity index (χ1n) is 7.82. The minimum atomic E-state index is -3.67. The number of benzene rings is 2. The van der Waals surface area contributed by atoms with Crippen LogP contribution in [0.4, 0.5) is 11.4 Å². The normalized spacial score (nSPS) is 12.3. The fraction of sp³-hybridized carbons (Fsp3) is 0.278. The molecule has 0 aliphatic heterocycles. The molecule has 0 fully saturated rings. The van der Waals surface area contributed by atoms with Crippen LogP contribution in [0.2, 0.25) is 0 Å². The summed E-state index contributed by atoms with van der Waals surface area (Å²) in [6, 6.07) is 13.9. The Balaban J connectivity index is 2.01. The molecule has 134 valence electrons. The summed E-state index contributed by atoms with van der Waals surface area (Å²) in [5.74, 6) is -0.819. The van der Waals surface area contributed by atoms with Crippen molar-refractivity contribution in [2.45, 2.75) is 13.8 Å². The van der Waals surface area contributed by atoms with Crippen LogP contribution in [-0.4, -0.2) is 27.2 Å². The molecular formula is C18H22N2O4S. The minimum Gasteiger partial charge on any atom is -0.497 e. The summed E-state index contributed by atoms with van der Waals surface area (Å²) in [5, 5.41) is 2.76. The van der Waals surface area contributed by atoms with Crippen LogP contribution in [0.1, 0.15) is 12.5 Å². The molecule has 0 saturated carbocycles. The molecule has 0 aliphatic rings. The van der Waals surface area contributed by atoms with Gasteiger partial charge in [0.15, 0.2) is 0 Å². The van der Waals surface area contributed by atoms with E-state index in [1.807, 2.05) is 25.1 Å². The Bertz CT molecular complexity index is 850. The Morgan fingerprint density at radius 3 is 2.56 bits per heavy atom. The van der Waals surface area contributed by atoms with E-state index in [-0.39, 0.29) is 11.7 Å². The molecule has 0 spiro atoms. The molecule has 2 aromatic carbocycles. The van der Waals surface area contributed by atoms with Crippen LogP contribution in [0.3, 0.4) is 0 Å². The van der Waals surface area contributed by atoms with Gasteiger partial charge in [0, 0.05) is 11.8 Å². The van der Waals surface area contributed by atoms with Crippen molar-refractivity contribution in [3.05, 3.63) is 54.1 Å². The number of anilines is 2. The molecule has 2 aromatic rings. The summed E-state index contributed by atoms with van der Waals surface area (Å²) in [6.07, 6.45) is 0. The summed E-state index contributed by atoms with van der Waals surface area (Å²) < 4.78 is 32.1. The third-order valence-electron chi connectivity index (χ3n) is 3.66. The van der Waals surface area contributed by atoms with Gasteiger partial charge in [-0.25, -0.2) is 8.42 Å². The van der Waals surface area contributed by atoms with Crippen molar-refractivity contribution in [1.82, 2.24) is 0 Å². The maximum atomic E-state index is 12.3. The zero-order chi connectivity index (χ0) is 18.4. The lowest BCUT2D eigenvalue weighted by atomic mass is 10.1. The van der Waals surface area contributed by atoms with Crippen molar-refractivity contribution < 1.29 is 17.9 Å². The second-order valence-electron chi connectivity index (χ2n) is 5.82. The number of hydrogen-bond acceptors (Lipinski definition) is 4. The first-order chi connectivity index (χ1) is 11.8. The zero-order valence-corrected chi connectivity index (χ0v) is 15.3. The predicted octanol–water partition coefficient (Wildman–Crippen LogP) is 3.02. The number of rotatable bonds is 7. The molecule has 1 unspecified atom stereocenters. The molecule has 2 N–H and O–H groups in total. The van der Waals surface area contributed by atoms with E-state index in [1.165, 1.54) is 7.11 Å². The molecule has 2 rings (SSSR count). The number of aryl methyl sites for hydroxylation is 1. The number of amides is 1. The van der Waals surface area contributed by atoms with Crippen molar-refractivity contribution in [3.63, 3.8) is 0 Å². The smallest absolute Gasteiger partial charge is 0.233 e. The molecule has 1 atom stereocenters. The number of methoxy groups -OCH3 is 1. The highest BCUT2D eigenvalue weighted by molar-refractivity contribution is 7.92. The van der Waals surface area contributed by atoms with Gasteiger partial charge in [-0.1, -0.05) is 31.2 Å². The lowest BCUT2D eigenvalue weighted by molar-refractivity contribution is -0.118. The van der Waals surface area contributed by atoms with Gasteiger partial charge in [-0.2, -0.15) is 0 Å². The Labute approximate surface area is 148 Å². The number of para-hydroxylation sites is 1.